The molecule has 1 aromatic rings. The first-order chi connectivity index (χ1) is 6.65. The van der Waals surface area contributed by atoms with E-state index in [0.717, 1.165) is 6.54 Å². The summed E-state index contributed by atoms with van der Waals surface area (Å²) >= 11 is 1.72. The van der Waals surface area contributed by atoms with Crippen molar-refractivity contribution in [1.29, 1.82) is 0 Å². The fourth-order valence-corrected chi connectivity index (χ4v) is 2.00. The molecule has 0 saturated carbocycles. The molecule has 0 spiro atoms. The van der Waals surface area contributed by atoms with Crippen LogP contribution >= 0.6 is 23.7 Å². The Labute approximate surface area is 101 Å². The van der Waals surface area contributed by atoms with Crippen LogP contribution in [0.2, 0.25) is 0 Å². The normalized spacial score (nSPS) is 11.7. The fourth-order valence-electron chi connectivity index (χ4n) is 1.14. The monoisotopic (exact) mass is 248 g/mol. The van der Waals surface area contributed by atoms with Crippen LogP contribution in [0, 0.1) is 6.92 Å². The van der Waals surface area contributed by atoms with Crippen molar-refractivity contribution in [3.8, 4) is 0 Å². The average molecular weight is 249 g/mol. The summed E-state index contributed by atoms with van der Waals surface area (Å²) in [5.74, 6) is 0.0270. The maximum atomic E-state index is 11.2. The number of carbonyl (C=O) groups is 1. The molecule has 0 saturated heterocycles. The van der Waals surface area contributed by atoms with Crippen molar-refractivity contribution in [3.63, 3.8) is 0 Å². The van der Waals surface area contributed by atoms with Gasteiger partial charge in [0.1, 0.15) is 0 Å². The summed E-state index contributed by atoms with van der Waals surface area (Å²) in [5.41, 5.74) is 1.28. The molecule has 0 unspecified atom stereocenters. The van der Waals surface area contributed by atoms with Crippen LogP contribution in [-0.2, 0) is 11.3 Å². The standard InChI is InChI=1S/C10H16N2OS.ClH/c1-7-4-5-14-9(7)6-12-8(2)10(13)11-3;/h4-5,8,12H,6H2,1-3H3,(H,11,13);1H/t8-;/m1./s1. The van der Waals surface area contributed by atoms with E-state index in [0.29, 0.717) is 0 Å². The molecular weight excluding hydrogens is 232 g/mol. The zero-order valence-corrected chi connectivity index (χ0v) is 10.8. The maximum Gasteiger partial charge on any atom is 0.236 e. The summed E-state index contributed by atoms with van der Waals surface area (Å²) in [5, 5.41) is 7.85. The summed E-state index contributed by atoms with van der Waals surface area (Å²) in [7, 11) is 1.65. The van der Waals surface area contributed by atoms with Crippen LogP contribution in [-0.4, -0.2) is 19.0 Å². The van der Waals surface area contributed by atoms with Gasteiger partial charge in [0.2, 0.25) is 5.91 Å². The predicted octanol–water partition coefficient (Wildman–Crippen LogP) is 1.70. The van der Waals surface area contributed by atoms with E-state index in [1.807, 2.05) is 6.92 Å². The first-order valence-electron chi connectivity index (χ1n) is 4.63. The molecule has 0 bridgehead atoms. The lowest BCUT2D eigenvalue weighted by molar-refractivity contribution is -0.122. The maximum absolute atomic E-state index is 11.2. The van der Waals surface area contributed by atoms with Gasteiger partial charge < -0.3 is 10.6 Å². The summed E-state index contributed by atoms with van der Waals surface area (Å²) in [6.45, 7) is 4.71. The lowest BCUT2D eigenvalue weighted by atomic mass is 10.2. The van der Waals surface area contributed by atoms with Gasteiger partial charge >= 0.3 is 0 Å². The highest BCUT2D eigenvalue weighted by atomic mass is 35.5. The number of hydrogen-bond acceptors (Lipinski definition) is 3. The Morgan fingerprint density at radius 3 is 2.73 bits per heavy atom. The number of rotatable bonds is 4. The van der Waals surface area contributed by atoms with Gasteiger partial charge in [-0.2, -0.15) is 0 Å². The number of amides is 1. The number of thiophene rings is 1. The Bertz CT molecular complexity index is 314. The van der Waals surface area contributed by atoms with Crippen LogP contribution < -0.4 is 10.6 Å². The third kappa shape index (κ3) is 4.20. The molecule has 0 fully saturated rings. The number of hydrogen-bond donors (Lipinski definition) is 2. The second kappa shape index (κ2) is 6.82. The van der Waals surface area contributed by atoms with Gasteiger partial charge in [0.25, 0.3) is 0 Å². The number of nitrogens with one attached hydrogen (secondary N) is 2. The summed E-state index contributed by atoms with van der Waals surface area (Å²) in [6, 6.07) is 1.95. The van der Waals surface area contributed by atoms with E-state index in [1.54, 1.807) is 18.4 Å². The fraction of sp³-hybridized carbons (Fsp3) is 0.500. The minimum atomic E-state index is -0.138. The molecule has 1 amide bonds. The highest BCUT2D eigenvalue weighted by molar-refractivity contribution is 7.10. The van der Waals surface area contributed by atoms with Gasteiger partial charge in [-0.25, -0.2) is 0 Å². The smallest absolute Gasteiger partial charge is 0.236 e. The quantitative estimate of drug-likeness (QED) is 0.852. The highest BCUT2D eigenvalue weighted by Crippen LogP contribution is 2.14. The van der Waals surface area contributed by atoms with Crippen molar-refractivity contribution in [1.82, 2.24) is 10.6 Å². The van der Waals surface area contributed by atoms with E-state index in [9.17, 15) is 4.79 Å². The van der Waals surface area contributed by atoms with Gasteiger partial charge in [0.05, 0.1) is 6.04 Å². The van der Waals surface area contributed by atoms with Gasteiger partial charge in [-0.05, 0) is 30.9 Å². The SMILES string of the molecule is CNC(=O)[C@@H](C)NCc1sccc1C.Cl. The van der Waals surface area contributed by atoms with Crippen LogP contribution in [0.1, 0.15) is 17.4 Å². The molecule has 0 radical (unpaired) electrons. The van der Waals surface area contributed by atoms with Crippen molar-refractivity contribution >= 4 is 29.7 Å². The van der Waals surface area contributed by atoms with Crippen molar-refractivity contribution in [3.05, 3.63) is 21.9 Å². The second-order valence-corrected chi connectivity index (χ2v) is 4.24. The number of carbonyl (C=O) groups excluding carboxylic acids is 1. The Balaban J connectivity index is 0.00000196. The molecule has 1 rings (SSSR count). The molecule has 2 N–H and O–H groups in total. The van der Waals surface area contributed by atoms with Crippen molar-refractivity contribution in [2.45, 2.75) is 26.4 Å². The lowest BCUT2D eigenvalue weighted by Gasteiger charge is -2.11. The van der Waals surface area contributed by atoms with E-state index in [1.165, 1.54) is 10.4 Å². The van der Waals surface area contributed by atoms with Gasteiger partial charge in [-0.3, -0.25) is 4.79 Å². The minimum absolute atomic E-state index is 0. The zero-order chi connectivity index (χ0) is 10.6. The average Bonchev–Trinajstić information content (AvgIpc) is 2.59. The summed E-state index contributed by atoms with van der Waals surface area (Å²) < 4.78 is 0. The number of halogens is 1. The zero-order valence-electron chi connectivity index (χ0n) is 9.16. The Morgan fingerprint density at radius 1 is 1.60 bits per heavy atom. The van der Waals surface area contributed by atoms with Crippen molar-refractivity contribution < 1.29 is 4.79 Å². The van der Waals surface area contributed by atoms with Gasteiger partial charge in [0, 0.05) is 18.5 Å². The first-order valence-corrected chi connectivity index (χ1v) is 5.51. The Hall–Kier alpha value is -0.580. The van der Waals surface area contributed by atoms with E-state index in [-0.39, 0.29) is 24.4 Å². The molecule has 0 aromatic carbocycles. The van der Waals surface area contributed by atoms with Crippen LogP contribution in [0.15, 0.2) is 11.4 Å². The predicted molar refractivity (Wildman–Crippen MR) is 66.7 cm³/mol. The molecule has 1 aromatic heterocycles. The lowest BCUT2D eigenvalue weighted by Crippen LogP contribution is -2.40. The van der Waals surface area contributed by atoms with Gasteiger partial charge in [-0.1, -0.05) is 0 Å². The highest BCUT2D eigenvalue weighted by Gasteiger charge is 2.10. The minimum Gasteiger partial charge on any atom is -0.358 e. The molecular formula is C10H17ClN2OS. The number of likely N-dealkylation sites (N-methyl/N-ethyl adjacent to an activating group) is 1. The van der Waals surface area contributed by atoms with E-state index < -0.39 is 0 Å². The van der Waals surface area contributed by atoms with Crippen molar-refractivity contribution in [2.24, 2.45) is 0 Å². The summed E-state index contributed by atoms with van der Waals surface area (Å²) in [4.78, 5) is 12.5. The molecule has 0 aliphatic rings. The van der Waals surface area contributed by atoms with Crippen LogP contribution in [0.3, 0.4) is 0 Å². The third-order valence-electron chi connectivity index (χ3n) is 2.18. The van der Waals surface area contributed by atoms with Crippen LogP contribution in [0.5, 0.6) is 0 Å². The van der Waals surface area contributed by atoms with Crippen LogP contribution in [0.4, 0.5) is 0 Å². The first kappa shape index (κ1) is 14.4. The summed E-state index contributed by atoms with van der Waals surface area (Å²) in [6.07, 6.45) is 0. The molecule has 86 valence electrons. The van der Waals surface area contributed by atoms with Gasteiger partial charge in [-0.15, -0.1) is 23.7 Å². The molecule has 0 aliphatic carbocycles. The molecule has 15 heavy (non-hydrogen) atoms. The Morgan fingerprint density at radius 2 is 2.27 bits per heavy atom. The molecule has 3 nitrogen and oxygen atoms in total. The largest absolute Gasteiger partial charge is 0.358 e. The van der Waals surface area contributed by atoms with Crippen LogP contribution in [0.25, 0.3) is 0 Å². The van der Waals surface area contributed by atoms with E-state index >= 15 is 0 Å². The molecule has 5 heteroatoms. The van der Waals surface area contributed by atoms with E-state index in [2.05, 4.69) is 29.0 Å². The Kier molecular flexibility index (Phi) is 6.56. The van der Waals surface area contributed by atoms with Gasteiger partial charge in [0.15, 0.2) is 0 Å². The van der Waals surface area contributed by atoms with E-state index in [4.69, 9.17) is 0 Å². The molecule has 1 atom stereocenters. The molecule has 1 heterocycles. The molecule has 0 aliphatic heterocycles. The second-order valence-electron chi connectivity index (χ2n) is 3.24. The topological polar surface area (TPSA) is 41.1 Å². The number of aryl methyl sites for hydroxylation is 1. The third-order valence-corrected chi connectivity index (χ3v) is 3.20. The van der Waals surface area contributed by atoms with Crippen molar-refractivity contribution in [2.75, 3.05) is 7.05 Å².